The SMILES string of the molecule is CN(CCCC(=O)O)CC(=O)N(CC#N)c1ccccc1. The van der Waals surface area contributed by atoms with Gasteiger partial charge in [0.25, 0.3) is 0 Å². The number of likely N-dealkylation sites (N-methyl/N-ethyl adjacent to an activating group) is 1. The molecule has 1 rings (SSSR count). The molecule has 1 aromatic carbocycles. The Hall–Kier alpha value is -2.39. The summed E-state index contributed by atoms with van der Waals surface area (Å²) < 4.78 is 0. The number of carboxylic acid groups (broad SMARTS) is 1. The van der Waals surface area contributed by atoms with Crippen molar-refractivity contribution in [3.8, 4) is 6.07 Å². The van der Waals surface area contributed by atoms with E-state index in [-0.39, 0.29) is 25.4 Å². The summed E-state index contributed by atoms with van der Waals surface area (Å²) in [5, 5.41) is 17.4. The Labute approximate surface area is 124 Å². The van der Waals surface area contributed by atoms with E-state index < -0.39 is 5.97 Å². The first kappa shape index (κ1) is 16.7. The third-order valence-corrected chi connectivity index (χ3v) is 2.93. The second kappa shape index (κ2) is 8.72. The average Bonchev–Trinajstić information content (AvgIpc) is 2.45. The lowest BCUT2D eigenvalue weighted by Crippen LogP contribution is -2.39. The van der Waals surface area contributed by atoms with E-state index in [0.29, 0.717) is 18.7 Å². The maximum Gasteiger partial charge on any atom is 0.303 e. The van der Waals surface area contributed by atoms with Crippen LogP contribution in [0.2, 0.25) is 0 Å². The Morgan fingerprint density at radius 2 is 1.95 bits per heavy atom. The molecule has 0 saturated carbocycles. The van der Waals surface area contributed by atoms with E-state index >= 15 is 0 Å². The van der Waals surface area contributed by atoms with E-state index in [1.165, 1.54) is 4.90 Å². The molecule has 1 amide bonds. The zero-order valence-corrected chi connectivity index (χ0v) is 12.0. The van der Waals surface area contributed by atoms with Gasteiger partial charge in [-0.1, -0.05) is 18.2 Å². The van der Waals surface area contributed by atoms with Crippen molar-refractivity contribution in [2.75, 3.05) is 31.6 Å². The fraction of sp³-hybridized carbons (Fsp3) is 0.400. The molecular formula is C15H19N3O3. The number of aliphatic carboxylic acids is 1. The van der Waals surface area contributed by atoms with Crippen molar-refractivity contribution in [1.82, 2.24) is 4.90 Å². The van der Waals surface area contributed by atoms with Crippen LogP contribution in [0.25, 0.3) is 0 Å². The van der Waals surface area contributed by atoms with Gasteiger partial charge in [0, 0.05) is 12.1 Å². The van der Waals surface area contributed by atoms with Gasteiger partial charge in [0.2, 0.25) is 5.91 Å². The average molecular weight is 289 g/mol. The summed E-state index contributed by atoms with van der Waals surface area (Å²) in [6.45, 7) is 0.662. The largest absolute Gasteiger partial charge is 0.481 e. The zero-order valence-electron chi connectivity index (χ0n) is 12.0. The van der Waals surface area contributed by atoms with Gasteiger partial charge in [0.05, 0.1) is 12.6 Å². The van der Waals surface area contributed by atoms with Gasteiger partial charge in [0.15, 0.2) is 0 Å². The second-order valence-electron chi connectivity index (χ2n) is 4.71. The maximum atomic E-state index is 12.3. The van der Waals surface area contributed by atoms with Gasteiger partial charge in [-0.25, -0.2) is 0 Å². The van der Waals surface area contributed by atoms with Gasteiger partial charge in [-0.05, 0) is 32.1 Å². The summed E-state index contributed by atoms with van der Waals surface area (Å²) in [6.07, 6.45) is 0.571. The van der Waals surface area contributed by atoms with Gasteiger partial charge in [-0.3, -0.25) is 19.4 Å². The predicted molar refractivity (Wildman–Crippen MR) is 78.8 cm³/mol. The molecule has 0 unspecified atom stereocenters. The molecule has 0 bridgehead atoms. The first-order valence-electron chi connectivity index (χ1n) is 6.67. The Kier molecular flexibility index (Phi) is 6.92. The number of rotatable bonds is 8. The summed E-state index contributed by atoms with van der Waals surface area (Å²) >= 11 is 0. The molecule has 0 saturated heterocycles. The van der Waals surface area contributed by atoms with E-state index in [2.05, 4.69) is 0 Å². The minimum atomic E-state index is -0.842. The highest BCUT2D eigenvalue weighted by molar-refractivity contribution is 5.95. The van der Waals surface area contributed by atoms with Crippen molar-refractivity contribution in [1.29, 1.82) is 5.26 Å². The number of hydrogen-bond donors (Lipinski definition) is 1. The van der Waals surface area contributed by atoms with Crippen LogP contribution in [0.1, 0.15) is 12.8 Å². The molecule has 0 radical (unpaired) electrons. The Morgan fingerprint density at radius 3 is 2.52 bits per heavy atom. The zero-order chi connectivity index (χ0) is 15.7. The predicted octanol–water partition coefficient (Wildman–Crippen LogP) is 1.34. The molecule has 21 heavy (non-hydrogen) atoms. The van der Waals surface area contributed by atoms with Crippen molar-refractivity contribution in [3.63, 3.8) is 0 Å². The normalized spacial score (nSPS) is 10.1. The number of hydrogen-bond acceptors (Lipinski definition) is 4. The molecule has 112 valence electrons. The molecule has 0 fully saturated rings. The Balaban J connectivity index is 2.58. The molecule has 1 N–H and O–H groups in total. The van der Waals surface area contributed by atoms with Crippen LogP contribution in [0.5, 0.6) is 0 Å². The van der Waals surface area contributed by atoms with Crippen LogP contribution in [0.3, 0.4) is 0 Å². The first-order valence-corrected chi connectivity index (χ1v) is 6.67. The monoisotopic (exact) mass is 289 g/mol. The van der Waals surface area contributed by atoms with Gasteiger partial charge < -0.3 is 5.11 Å². The highest BCUT2D eigenvalue weighted by Crippen LogP contribution is 2.13. The molecule has 0 aliphatic heterocycles. The summed E-state index contributed by atoms with van der Waals surface area (Å²) in [5.74, 6) is -1.02. The second-order valence-corrected chi connectivity index (χ2v) is 4.71. The van der Waals surface area contributed by atoms with E-state index in [9.17, 15) is 9.59 Å². The lowest BCUT2D eigenvalue weighted by atomic mass is 10.2. The van der Waals surface area contributed by atoms with Gasteiger partial charge >= 0.3 is 5.97 Å². The van der Waals surface area contributed by atoms with Crippen LogP contribution in [-0.2, 0) is 9.59 Å². The number of benzene rings is 1. The van der Waals surface area contributed by atoms with Gasteiger partial charge in [0.1, 0.15) is 6.54 Å². The van der Waals surface area contributed by atoms with E-state index in [4.69, 9.17) is 10.4 Å². The highest BCUT2D eigenvalue weighted by atomic mass is 16.4. The van der Waals surface area contributed by atoms with Crippen molar-refractivity contribution < 1.29 is 14.7 Å². The van der Waals surface area contributed by atoms with Crippen molar-refractivity contribution in [2.24, 2.45) is 0 Å². The van der Waals surface area contributed by atoms with Crippen LogP contribution >= 0.6 is 0 Å². The molecule has 0 heterocycles. The summed E-state index contributed by atoms with van der Waals surface area (Å²) in [5.41, 5.74) is 0.683. The van der Waals surface area contributed by atoms with Crippen LogP contribution in [-0.4, -0.2) is 48.6 Å². The number of carbonyl (C=O) groups is 2. The van der Waals surface area contributed by atoms with Crippen LogP contribution in [0.15, 0.2) is 30.3 Å². The van der Waals surface area contributed by atoms with Gasteiger partial charge in [-0.2, -0.15) is 5.26 Å². The molecule has 0 spiro atoms. The Bertz CT molecular complexity index is 511. The lowest BCUT2D eigenvalue weighted by molar-refractivity contribution is -0.137. The molecule has 6 nitrogen and oxygen atoms in total. The molecule has 0 aliphatic carbocycles. The van der Waals surface area contributed by atoms with Crippen molar-refractivity contribution in [2.45, 2.75) is 12.8 Å². The third-order valence-electron chi connectivity index (χ3n) is 2.93. The van der Waals surface area contributed by atoms with Crippen molar-refractivity contribution >= 4 is 17.6 Å². The minimum absolute atomic E-state index is 0.00812. The number of carbonyl (C=O) groups excluding carboxylic acids is 1. The third kappa shape index (κ3) is 6.06. The summed E-state index contributed by atoms with van der Waals surface area (Å²) in [7, 11) is 1.76. The fourth-order valence-electron chi connectivity index (χ4n) is 1.90. The van der Waals surface area contributed by atoms with E-state index in [1.54, 1.807) is 24.1 Å². The number of para-hydroxylation sites is 1. The summed E-state index contributed by atoms with van der Waals surface area (Å²) in [6, 6.07) is 11.0. The van der Waals surface area contributed by atoms with E-state index in [1.807, 2.05) is 24.3 Å². The lowest BCUT2D eigenvalue weighted by Gasteiger charge is -2.23. The molecular weight excluding hydrogens is 270 g/mol. The van der Waals surface area contributed by atoms with Crippen LogP contribution in [0, 0.1) is 11.3 Å². The van der Waals surface area contributed by atoms with Crippen LogP contribution in [0.4, 0.5) is 5.69 Å². The highest BCUT2D eigenvalue weighted by Gasteiger charge is 2.16. The molecule has 0 aliphatic rings. The standard InChI is InChI=1S/C15H19N3O3/c1-17(10-5-8-15(20)21)12-14(19)18(11-9-16)13-6-3-2-4-7-13/h2-4,6-7H,5,8,10-12H2,1H3,(H,20,21). The smallest absolute Gasteiger partial charge is 0.303 e. The van der Waals surface area contributed by atoms with Crippen molar-refractivity contribution in [3.05, 3.63) is 30.3 Å². The van der Waals surface area contributed by atoms with Crippen LogP contribution < -0.4 is 4.90 Å². The molecule has 1 aromatic rings. The fourth-order valence-corrected chi connectivity index (χ4v) is 1.90. The molecule has 0 aromatic heterocycles. The summed E-state index contributed by atoms with van der Waals surface area (Å²) in [4.78, 5) is 25.9. The minimum Gasteiger partial charge on any atom is -0.481 e. The number of nitrogens with zero attached hydrogens (tertiary/aromatic N) is 3. The maximum absolute atomic E-state index is 12.3. The van der Waals surface area contributed by atoms with E-state index in [0.717, 1.165) is 0 Å². The quantitative estimate of drug-likeness (QED) is 0.730. The number of amides is 1. The topological polar surface area (TPSA) is 84.6 Å². The number of anilines is 1. The first-order chi connectivity index (χ1) is 10.0. The number of nitriles is 1. The number of carboxylic acids is 1. The Morgan fingerprint density at radius 1 is 1.29 bits per heavy atom. The molecule has 6 heteroatoms. The molecule has 0 atom stereocenters. The van der Waals surface area contributed by atoms with Gasteiger partial charge in [-0.15, -0.1) is 0 Å².